The maximum absolute atomic E-state index is 2.39. The quantitative estimate of drug-likeness (QED) is 0.753. The fraction of sp³-hybridized carbons (Fsp3) is 0.231. The average molecular weight is 217 g/mol. The van der Waals surface area contributed by atoms with Crippen LogP contribution in [0.2, 0.25) is 0 Å². The second-order valence-corrected chi connectivity index (χ2v) is 4.38. The molecule has 2 rings (SSSR count). The highest BCUT2D eigenvalue weighted by atomic mass is 32.1. The van der Waals surface area contributed by atoms with Gasteiger partial charge in [0.2, 0.25) is 0 Å². The second kappa shape index (κ2) is 4.99. The van der Waals surface area contributed by atoms with E-state index in [0.717, 1.165) is 13.1 Å². The largest absolute Gasteiger partial charge is 0.359 e. The lowest BCUT2D eigenvalue weighted by Crippen LogP contribution is -2.20. The Morgan fingerprint density at radius 1 is 1.07 bits per heavy atom. The molecule has 0 unspecified atom stereocenters. The lowest BCUT2D eigenvalue weighted by molar-refractivity contribution is 0.841. The zero-order valence-electron chi connectivity index (χ0n) is 8.89. The predicted molar refractivity (Wildman–Crippen MR) is 67.5 cm³/mol. The third-order valence-electron chi connectivity index (χ3n) is 2.42. The van der Waals surface area contributed by atoms with Crippen molar-refractivity contribution in [3.05, 3.63) is 53.4 Å². The molecular formula is C13H15NS. The SMILES string of the molecule is CCN(Cc1ccccc1)c1cccs1. The molecule has 0 atom stereocenters. The summed E-state index contributed by atoms with van der Waals surface area (Å²) < 4.78 is 0. The van der Waals surface area contributed by atoms with Crippen LogP contribution in [-0.2, 0) is 6.54 Å². The summed E-state index contributed by atoms with van der Waals surface area (Å²) in [5.74, 6) is 0. The van der Waals surface area contributed by atoms with Crippen molar-refractivity contribution in [2.45, 2.75) is 13.5 Å². The van der Waals surface area contributed by atoms with Gasteiger partial charge < -0.3 is 4.90 Å². The third kappa shape index (κ3) is 2.60. The van der Waals surface area contributed by atoms with E-state index in [1.165, 1.54) is 10.6 Å². The molecule has 1 aromatic carbocycles. The third-order valence-corrected chi connectivity index (χ3v) is 3.34. The van der Waals surface area contributed by atoms with E-state index >= 15 is 0 Å². The van der Waals surface area contributed by atoms with Gasteiger partial charge in [0.1, 0.15) is 0 Å². The molecular weight excluding hydrogens is 202 g/mol. The minimum Gasteiger partial charge on any atom is -0.359 e. The summed E-state index contributed by atoms with van der Waals surface area (Å²) in [7, 11) is 0. The normalized spacial score (nSPS) is 10.2. The summed E-state index contributed by atoms with van der Waals surface area (Å²) in [5, 5.41) is 3.48. The minimum absolute atomic E-state index is 0.998. The van der Waals surface area contributed by atoms with Crippen molar-refractivity contribution in [1.82, 2.24) is 0 Å². The molecule has 1 aromatic heterocycles. The van der Waals surface area contributed by atoms with Crippen molar-refractivity contribution in [3.63, 3.8) is 0 Å². The van der Waals surface area contributed by atoms with Crippen molar-refractivity contribution in [2.75, 3.05) is 11.4 Å². The van der Waals surface area contributed by atoms with Crippen LogP contribution in [0.3, 0.4) is 0 Å². The van der Waals surface area contributed by atoms with E-state index in [1.54, 1.807) is 11.3 Å². The second-order valence-electron chi connectivity index (χ2n) is 3.45. The van der Waals surface area contributed by atoms with Crippen molar-refractivity contribution in [1.29, 1.82) is 0 Å². The van der Waals surface area contributed by atoms with Gasteiger partial charge in [-0.3, -0.25) is 0 Å². The molecule has 0 amide bonds. The number of rotatable bonds is 4. The monoisotopic (exact) mass is 217 g/mol. The molecule has 0 saturated heterocycles. The van der Waals surface area contributed by atoms with E-state index in [1.807, 2.05) is 0 Å². The van der Waals surface area contributed by atoms with Crippen molar-refractivity contribution in [3.8, 4) is 0 Å². The van der Waals surface area contributed by atoms with Gasteiger partial charge in [0.25, 0.3) is 0 Å². The van der Waals surface area contributed by atoms with Crippen molar-refractivity contribution in [2.24, 2.45) is 0 Å². The Hall–Kier alpha value is -1.28. The number of nitrogens with zero attached hydrogens (tertiary/aromatic N) is 1. The molecule has 0 aliphatic carbocycles. The van der Waals surface area contributed by atoms with Gasteiger partial charge in [-0.25, -0.2) is 0 Å². The molecule has 0 bridgehead atoms. The van der Waals surface area contributed by atoms with E-state index in [-0.39, 0.29) is 0 Å². The van der Waals surface area contributed by atoms with Crippen LogP contribution in [-0.4, -0.2) is 6.54 Å². The first-order valence-corrected chi connectivity index (χ1v) is 6.10. The minimum atomic E-state index is 0.998. The van der Waals surface area contributed by atoms with Crippen LogP contribution in [0.5, 0.6) is 0 Å². The van der Waals surface area contributed by atoms with Crippen LogP contribution in [0.4, 0.5) is 5.00 Å². The Morgan fingerprint density at radius 3 is 2.47 bits per heavy atom. The summed E-state index contributed by atoms with van der Waals surface area (Å²) >= 11 is 1.80. The maximum atomic E-state index is 2.39. The van der Waals surface area contributed by atoms with Gasteiger partial charge in [-0.1, -0.05) is 30.3 Å². The van der Waals surface area contributed by atoms with E-state index in [0.29, 0.717) is 0 Å². The maximum Gasteiger partial charge on any atom is 0.0911 e. The van der Waals surface area contributed by atoms with Crippen molar-refractivity contribution < 1.29 is 0 Å². The average Bonchev–Trinajstić information content (AvgIpc) is 2.81. The van der Waals surface area contributed by atoms with Gasteiger partial charge in [-0.2, -0.15) is 0 Å². The van der Waals surface area contributed by atoms with Crippen molar-refractivity contribution >= 4 is 16.3 Å². The van der Waals surface area contributed by atoms with E-state index in [9.17, 15) is 0 Å². The van der Waals surface area contributed by atoms with Crippen LogP contribution >= 0.6 is 11.3 Å². The molecule has 0 fully saturated rings. The Kier molecular flexibility index (Phi) is 3.41. The van der Waals surface area contributed by atoms with Gasteiger partial charge in [-0.05, 0) is 30.0 Å². The highest BCUT2D eigenvalue weighted by molar-refractivity contribution is 7.14. The highest BCUT2D eigenvalue weighted by Crippen LogP contribution is 2.22. The van der Waals surface area contributed by atoms with Crippen LogP contribution in [0.25, 0.3) is 0 Å². The highest BCUT2D eigenvalue weighted by Gasteiger charge is 2.04. The molecule has 0 N–H and O–H groups in total. The van der Waals surface area contributed by atoms with Crippen LogP contribution in [0.15, 0.2) is 47.8 Å². The van der Waals surface area contributed by atoms with E-state index < -0.39 is 0 Å². The first kappa shape index (κ1) is 10.2. The fourth-order valence-corrected chi connectivity index (χ4v) is 2.40. The van der Waals surface area contributed by atoms with Gasteiger partial charge in [0.15, 0.2) is 0 Å². The Bertz CT molecular complexity index is 380. The first-order chi connectivity index (χ1) is 7.40. The lowest BCUT2D eigenvalue weighted by Gasteiger charge is -2.20. The fourth-order valence-electron chi connectivity index (χ4n) is 1.60. The number of hydrogen-bond acceptors (Lipinski definition) is 2. The molecule has 2 heteroatoms. The summed E-state index contributed by atoms with van der Waals surface area (Å²) in [6.07, 6.45) is 0. The van der Waals surface area contributed by atoms with Crippen LogP contribution in [0, 0.1) is 0 Å². The molecule has 0 spiro atoms. The molecule has 15 heavy (non-hydrogen) atoms. The standard InChI is InChI=1S/C13H15NS/c1-2-14(13-9-6-10-15-13)11-12-7-4-3-5-8-12/h3-10H,2,11H2,1H3. The van der Waals surface area contributed by atoms with Crippen LogP contribution < -0.4 is 4.90 Å². The summed E-state index contributed by atoms with van der Waals surface area (Å²) in [4.78, 5) is 2.39. The number of anilines is 1. The lowest BCUT2D eigenvalue weighted by atomic mass is 10.2. The molecule has 0 radical (unpaired) electrons. The topological polar surface area (TPSA) is 3.24 Å². The van der Waals surface area contributed by atoms with Gasteiger partial charge in [0.05, 0.1) is 5.00 Å². The predicted octanol–water partition coefficient (Wildman–Crippen LogP) is 3.77. The van der Waals surface area contributed by atoms with Gasteiger partial charge in [-0.15, -0.1) is 11.3 Å². The summed E-state index contributed by atoms with van der Waals surface area (Å²) in [6, 6.07) is 14.9. The molecule has 2 aromatic rings. The molecule has 0 aliphatic heterocycles. The Balaban J connectivity index is 2.10. The smallest absolute Gasteiger partial charge is 0.0911 e. The van der Waals surface area contributed by atoms with E-state index in [2.05, 4.69) is 59.7 Å². The van der Waals surface area contributed by atoms with Gasteiger partial charge >= 0.3 is 0 Å². The summed E-state index contributed by atoms with van der Waals surface area (Å²) in [6.45, 7) is 4.25. The zero-order chi connectivity index (χ0) is 10.5. The first-order valence-electron chi connectivity index (χ1n) is 5.22. The summed E-state index contributed by atoms with van der Waals surface area (Å²) in [5.41, 5.74) is 1.37. The van der Waals surface area contributed by atoms with Crippen LogP contribution in [0.1, 0.15) is 12.5 Å². The molecule has 1 heterocycles. The number of thiophene rings is 1. The number of hydrogen-bond donors (Lipinski definition) is 0. The van der Waals surface area contributed by atoms with Gasteiger partial charge in [0, 0.05) is 13.1 Å². The Morgan fingerprint density at radius 2 is 1.87 bits per heavy atom. The van der Waals surface area contributed by atoms with E-state index in [4.69, 9.17) is 0 Å². The molecule has 78 valence electrons. The zero-order valence-corrected chi connectivity index (χ0v) is 9.70. The Labute approximate surface area is 95.0 Å². The molecule has 1 nitrogen and oxygen atoms in total. The number of benzene rings is 1. The molecule has 0 aliphatic rings. The molecule has 0 saturated carbocycles.